The highest BCUT2D eigenvalue weighted by molar-refractivity contribution is 6.32. The Morgan fingerprint density at radius 1 is 1.10 bits per heavy atom. The summed E-state index contributed by atoms with van der Waals surface area (Å²) in [4.78, 5) is 12.3. The van der Waals surface area contributed by atoms with Gasteiger partial charge in [-0.2, -0.15) is 0 Å². The van der Waals surface area contributed by atoms with Crippen molar-refractivity contribution in [1.82, 2.24) is 0 Å². The van der Waals surface area contributed by atoms with Crippen molar-refractivity contribution in [2.45, 2.75) is 20.3 Å². The first kappa shape index (κ1) is 15.4. The Morgan fingerprint density at radius 2 is 1.71 bits per heavy atom. The number of hydrogen-bond acceptors (Lipinski definition) is 3. The topological polar surface area (TPSA) is 57.5 Å². The average molecular weight is 305 g/mol. The molecule has 0 saturated heterocycles. The number of benzene rings is 2. The Balaban J connectivity index is 2.30. The summed E-state index contributed by atoms with van der Waals surface area (Å²) in [7, 11) is 0. The van der Waals surface area contributed by atoms with Gasteiger partial charge in [-0.1, -0.05) is 49.7 Å². The van der Waals surface area contributed by atoms with Gasteiger partial charge in [-0.3, -0.25) is 4.79 Å². The van der Waals surface area contributed by atoms with Crippen LogP contribution in [0.25, 0.3) is 0 Å². The minimum absolute atomic E-state index is 0.0105. The van der Waals surface area contributed by atoms with Gasteiger partial charge >= 0.3 is 0 Å². The fourth-order valence-electron chi connectivity index (χ4n) is 2.15. The molecule has 3 nitrogen and oxygen atoms in total. The Morgan fingerprint density at radius 3 is 2.29 bits per heavy atom. The zero-order valence-corrected chi connectivity index (χ0v) is 12.7. The standard InChI is InChI=1S/C17H17ClO3/c1-10(2)7-11-3-5-12(6-4-11)17(21)13-8-16(20)14(18)9-15(13)19/h3-6,8-10,19-20H,7H2,1-2H3. The highest BCUT2D eigenvalue weighted by atomic mass is 35.5. The van der Waals surface area contributed by atoms with E-state index in [0.717, 1.165) is 18.1 Å². The van der Waals surface area contributed by atoms with Crippen molar-refractivity contribution in [1.29, 1.82) is 0 Å². The summed E-state index contributed by atoms with van der Waals surface area (Å²) in [6.45, 7) is 4.27. The molecular formula is C17H17ClO3. The molecule has 0 saturated carbocycles. The normalized spacial score (nSPS) is 10.9. The largest absolute Gasteiger partial charge is 0.507 e. The maximum atomic E-state index is 12.3. The number of carbonyl (C=O) groups excluding carboxylic acids is 1. The first-order valence-corrected chi connectivity index (χ1v) is 7.11. The predicted octanol–water partition coefficient (Wildman–Crippen LogP) is 4.18. The summed E-state index contributed by atoms with van der Waals surface area (Å²) in [5, 5.41) is 19.4. The van der Waals surface area contributed by atoms with Crippen LogP contribution in [0.5, 0.6) is 11.5 Å². The lowest BCUT2D eigenvalue weighted by molar-refractivity contribution is 0.103. The van der Waals surface area contributed by atoms with Gasteiger partial charge in [0, 0.05) is 11.6 Å². The molecule has 2 N–H and O–H groups in total. The van der Waals surface area contributed by atoms with E-state index in [4.69, 9.17) is 11.6 Å². The molecule has 0 spiro atoms. The van der Waals surface area contributed by atoms with Crippen molar-refractivity contribution in [2.24, 2.45) is 5.92 Å². The van der Waals surface area contributed by atoms with Crippen LogP contribution in [0.4, 0.5) is 0 Å². The van der Waals surface area contributed by atoms with Gasteiger partial charge in [0.05, 0.1) is 10.6 Å². The van der Waals surface area contributed by atoms with Crippen molar-refractivity contribution in [3.63, 3.8) is 0 Å². The van der Waals surface area contributed by atoms with Crippen LogP contribution < -0.4 is 0 Å². The number of halogens is 1. The molecule has 110 valence electrons. The third-order valence-electron chi connectivity index (χ3n) is 3.17. The van der Waals surface area contributed by atoms with Crippen LogP contribution in [0, 0.1) is 5.92 Å². The van der Waals surface area contributed by atoms with E-state index < -0.39 is 0 Å². The van der Waals surface area contributed by atoms with E-state index in [-0.39, 0.29) is 27.9 Å². The maximum Gasteiger partial charge on any atom is 0.196 e. The molecule has 2 rings (SSSR count). The smallest absolute Gasteiger partial charge is 0.196 e. The van der Waals surface area contributed by atoms with Crippen molar-refractivity contribution in [3.8, 4) is 11.5 Å². The Hall–Kier alpha value is -2.00. The number of rotatable bonds is 4. The zero-order valence-electron chi connectivity index (χ0n) is 11.9. The fourth-order valence-corrected chi connectivity index (χ4v) is 2.31. The molecule has 2 aromatic carbocycles. The van der Waals surface area contributed by atoms with Crippen LogP contribution >= 0.6 is 11.6 Å². The number of phenols is 2. The van der Waals surface area contributed by atoms with E-state index in [1.54, 1.807) is 12.1 Å². The number of ketones is 1. The maximum absolute atomic E-state index is 12.3. The number of hydrogen-bond donors (Lipinski definition) is 2. The van der Waals surface area contributed by atoms with E-state index in [1.165, 1.54) is 6.07 Å². The van der Waals surface area contributed by atoms with Crippen LogP contribution in [-0.2, 0) is 6.42 Å². The Labute approximate surface area is 128 Å². The zero-order chi connectivity index (χ0) is 15.6. The van der Waals surface area contributed by atoms with Gasteiger partial charge in [0.2, 0.25) is 0 Å². The second kappa shape index (κ2) is 6.19. The van der Waals surface area contributed by atoms with Crippen LogP contribution in [-0.4, -0.2) is 16.0 Å². The Bertz CT molecular complexity index is 660. The molecule has 0 unspecified atom stereocenters. The van der Waals surface area contributed by atoms with Crippen LogP contribution in [0.3, 0.4) is 0 Å². The van der Waals surface area contributed by atoms with Gasteiger partial charge in [0.1, 0.15) is 11.5 Å². The van der Waals surface area contributed by atoms with Crippen molar-refractivity contribution >= 4 is 17.4 Å². The van der Waals surface area contributed by atoms with E-state index in [1.807, 2.05) is 12.1 Å². The van der Waals surface area contributed by atoms with E-state index in [2.05, 4.69) is 13.8 Å². The second-order valence-electron chi connectivity index (χ2n) is 5.44. The first-order chi connectivity index (χ1) is 9.88. The molecule has 0 atom stereocenters. The summed E-state index contributed by atoms with van der Waals surface area (Å²) >= 11 is 5.68. The molecule has 0 aliphatic rings. The second-order valence-corrected chi connectivity index (χ2v) is 5.85. The van der Waals surface area contributed by atoms with Gasteiger partial charge in [-0.15, -0.1) is 0 Å². The monoisotopic (exact) mass is 304 g/mol. The van der Waals surface area contributed by atoms with E-state index in [0.29, 0.717) is 11.5 Å². The quantitative estimate of drug-likeness (QED) is 0.658. The molecule has 0 aliphatic carbocycles. The van der Waals surface area contributed by atoms with Crippen molar-refractivity contribution < 1.29 is 15.0 Å². The van der Waals surface area contributed by atoms with Crippen LogP contribution in [0.15, 0.2) is 36.4 Å². The molecular weight excluding hydrogens is 288 g/mol. The molecule has 21 heavy (non-hydrogen) atoms. The predicted molar refractivity (Wildman–Crippen MR) is 83.2 cm³/mol. The van der Waals surface area contributed by atoms with Crippen molar-refractivity contribution in [2.75, 3.05) is 0 Å². The third-order valence-corrected chi connectivity index (χ3v) is 3.47. The molecule has 0 aliphatic heterocycles. The molecule has 4 heteroatoms. The van der Waals surface area contributed by atoms with Gasteiger partial charge < -0.3 is 10.2 Å². The molecule has 0 amide bonds. The average Bonchev–Trinajstić information content (AvgIpc) is 2.42. The summed E-state index contributed by atoms with van der Waals surface area (Å²) in [6.07, 6.45) is 0.946. The number of phenolic OH excluding ortho intramolecular Hbond substituents is 2. The molecule has 0 fully saturated rings. The lowest BCUT2D eigenvalue weighted by atomic mass is 9.98. The lowest BCUT2D eigenvalue weighted by Gasteiger charge is -2.08. The number of carbonyl (C=O) groups is 1. The summed E-state index contributed by atoms with van der Waals surface area (Å²) in [5.74, 6) is -0.275. The minimum atomic E-state index is -0.351. The summed E-state index contributed by atoms with van der Waals surface area (Å²) in [5.41, 5.74) is 1.65. The van der Waals surface area contributed by atoms with Gasteiger partial charge in [-0.05, 0) is 24.0 Å². The molecule has 0 heterocycles. The van der Waals surface area contributed by atoms with Crippen LogP contribution in [0.1, 0.15) is 35.3 Å². The van der Waals surface area contributed by atoms with Gasteiger partial charge in [0.25, 0.3) is 0 Å². The summed E-state index contributed by atoms with van der Waals surface area (Å²) in [6, 6.07) is 9.61. The molecule has 0 radical (unpaired) electrons. The van der Waals surface area contributed by atoms with Crippen LogP contribution in [0.2, 0.25) is 5.02 Å². The summed E-state index contributed by atoms with van der Waals surface area (Å²) < 4.78 is 0. The lowest BCUT2D eigenvalue weighted by Crippen LogP contribution is -2.02. The minimum Gasteiger partial charge on any atom is -0.507 e. The van der Waals surface area contributed by atoms with Gasteiger partial charge in [-0.25, -0.2) is 0 Å². The van der Waals surface area contributed by atoms with E-state index >= 15 is 0 Å². The fraction of sp³-hybridized carbons (Fsp3) is 0.235. The highest BCUT2D eigenvalue weighted by Gasteiger charge is 2.16. The highest BCUT2D eigenvalue weighted by Crippen LogP contribution is 2.32. The third kappa shape index (κ3) is 3.56. The van der Waals surface area contributed by atoms with E-state index in [9.17, 15) is 15.0 Å². The Kier molecular flexibility index (Phi) is 4.53. The molecule has 0 bridgehead atoms. The molecule has 2 aromatic rings. The van der Waals surface area contributed by atoms with Gasteiger partial charge in [0.15, 0.2) is 5.78 Å². The SMILES string of the molecule is CC(C)Cc1ccc(C(=O)c2cc(O)c(Cl)cc2O)cc1. The number of aromatic hydroxyl groups is 2. The molecule has 0 aromatic heterocycles. The first-order valence-electron chi connectivity index (χ1n) is 6.73. The van der Waals surface area contributed by atoms with Crippen molar-refractivity contribution in [3.05, 3.63) is 58.1 Å².